The van der Waals surface area contributed by atoms with Crippen molar-refractivity contribution in [2.45, 2.75) is 32.4 Å². The molecule has 0 unspecified atom stereocenters. The smallest absolute Gasteiger partial charge is 0.408 e. The highest BCUT2D eigenvalue weighted by Crippen LogP contribution is 2.17. The second-order valence-corrected chi connectivity index (χ2v) is 6.37. The van der Waals surface area contributed by atoms with E-state index >= 15 is 0 Å². The number of hydrogen-bond acceptors (Lipinski definition) is 3. The van der Waals surface area contributed by atoms with Crippen molar-refractivity contribution in [2.75, 3.05) is 0 Å². The number of aryl methyl sites for hydroxylation is 1. The molecule has 0 bridgehead atoms. The van der Waals surface area contributed by atoms with Crippen LogP contribution in [0.3, 0.4) is 0 Å². The largest absolute Gasteiger partial charge is 0.419 e. The minimum Gasteiger partial charge on any atom is -0.408 e. The lowest BCUT2D eigenvalue weighted by Gasteiger charge is -2.14. The summed E-state index contributed by atoms with van der Waals surface area (Å²) in [7, 11) is 0. The zero-order valence-electron chi connectivity index (χ0n) is 13.9. The molecule has 3 rings (SSSR count). The summed E-state index contributed by atoms with van der Waals surface area (Å²) in [4.78, 5) is 24.0. The predicted molar refractivity (Wildman–Crippen MR) is 97.7 cm³/mol. The average molecular weight is 359 g/mol. The van der Waals surface area contributed by atoms with Crippen molar-refractivity contribution >= 4 is 28.6 Å². The van der Waals surface area contributed by atoms with Crippen LogP contribution in [0.25, 0.3) is 11.1 Å². The lowest BCUT2D eigenvalue weighted by atomic mass is 10.1. The van der Waals surface area contributed by atoms with Gasteiger partial charge in [0.1, 0.15) is 0 Å². The van der Waals surface area contributed by atoms with Gasteiger partial charge in [-0.1, -0.05) is 35.9 Å². The van der Waals surface area contributed by atoms with E-state index in [0.29, 0.717) is 30.0 Å². The number of halogens is 1. The number of para-hydroxylation sites is 2. The molecule has 0 saturated heterocycles. The van der Waals surface area contributed by atoms with Gasteiger partial charge in [0.2, 0.25) is 5.91 Å². The molecule has 6 heteroatoms. The lowest BCUT2D eigenvalue weighted by Crippen LogP contribution is -2.27. The van der Waals surface area contributed by atoms with Crippen LogP contribution in [-0.4, -0.2) is 10.5 Å². The molecule has 0 radical (unpaired) electrons. The van der Waals surface area contributed by atoms with Gasteiger partial charge in [-0.2, -0.15) is 0 Å². The van der Waals surface area contributed by atoms with E-state index in [4.69, 9.17) is 16.0 Å². The van der Waals surface area contributed by atoms with Gasteiger partial charge in [-0.15, -0.1) is 0 Å². The van der Waals surface area contributed by atoms with Crippen LogP contribution in [-0.2, 0) is 11.3 Å². The third kappa shape index (κ3) is 4.12. The van der Waals surface area contributed by atoms with Gasteiger partial charge < -0.3 is 9.73 Å². The number of amides is 1. The van der Waals surface area contributed by atoms with Crippen molar-refractivity contribution in [3.05, 3.63) is 69.7 Å². The fourth-order valence-electron chi connectivity index (χ4n) is 2.80. The number of carbonyl (C=O) groups is 1. The summed E-state index contributed by atoms with van der Waals surface area (Å²) in [6, 6.07) is 14.6. The Balaban J connectivity index is 1.56. The van der Waals surface area contributed by atoms with Crippen molar-refractivity contribution in [3.63, 3.8) is 0 Å². The molecule has 0 fully saturated rings. The molecule has 130 valence electrons. The molecule has 1 heterocycles. The van der Waals surface area contributed by atoms with Crippen molar-refractivity contribution in [3.8, 4) is 0 Å². The summed E-state index contributed by atoms with van der Waals surface area (Å²) in [6.07, 6.45) is 0.883. The minimum atomic E-state index is -0.395. The van der Waals surface area contributed by atoms with E-state index in [1.807, 2.05) is 43.3 Å². The van der Waals surface area contributed by atoms with Crippen molar-refractivity contribution in [1.82, 2.24) is 9.88 Å². The summed E-state index contributed by atoms with van der Waals surface area (Å²) < 4.78 is 6.74. The number of rotatable bonds is 6. The van der Waals surface area contributed by atoms with Gasteiger partial charge in [0.15, 0.2) is 5.58 Å². The SMILES string of the molecule is C[C@@H](NC(=O)CCCn1c(=O)oc2ccccc21)c1cccc(Cl)c1. The maximum Gasteiger partial charge on any atom is 0.419 e. The van der Waals surface area contributed by atoms with E-state index < -0.39 is 5.76 Å². The van der Waals surface area contributed by atoms with Crippen LogP contribution in [0.5, 0.6) is 0 Å². The number of fused-ring (bicyclic) bond motifs is 1. The minimum absolute atomic E-state index is 0.0617. The van der Waals surface area contributed by atoms with Crippen LogP contribution in [0.4, 0.5) is 0 Å². The Hall–Kier alpha value is -2.53. The fourth-order valence-corrected chi connectivity index (χ4v) is 3.00. The third-order valence-electron chi connectivity index (χ3n) is 4.09. The second kappa shape index (κ2) is 7.57. The lowest BCUT2D eigenvalue weighted by molar-refractivity contribution is -0.121. The molecule has 0 saturated carbocycles. The summed E-state index contributed by atoms with van der Waals surface area (Å²) in [6.45, 7) is 2.35. The van der Waals surface area contributed by atoms with E-state index in [1.165, 1.54) is 0 Å². The normalized spacial score (nSPS) is 12.2. The van der Waals surface area contributed by atoms with Crippen LogP contribution in [0.15, 0.2) is 57.7 Å². The highest BCUT2D eigenvalue weighted by Gasteiger charge is 2.12. The first-order valence-electron chi connectivity index (χ1n) is 8.18. The van der Waals surface area contributed by atoms with Gasteiger partial charge in [0, 0.05) is 18.0 Å². The van der Waals surface area contributed by atoms with Crippen LogP contribution >= 0.6 is 11.6 Å². The number of nitrogens with one attached hydrogen (secondary N) is 1. The molecule has 1 N–H and O–H groups in total. The van der Waals surface area contributed by atoms with Crippen LogP contribution in [0.2, 0.25) is 5.02 Å². The number of nitrogens with zero attached hydrogens (tertiary/aromatic N) is 1. The van der Waals surface area contributed by atoms with Crippen LogP contribution in [0, 0.1) is 0 Å². The second-order valence-electron chi connectivity index (χ2n) is 5.94. The molecule has 0 aliphatic heterocycles. The molecule has 2 aromatic carbocycles. The van der Waals surface area contributed by atoms with E-state index in [0.717, 1.165) is 11.1 Å². The van der Waals surface area contributed by atoms with Gasteiger partial charge in [0.05, 0.1) is 11.6 Å². The molecular formula is C19H19ClN2O3. The first kappa shape index (κ1) is 17.3. The Labute approximate surface area is 150 Å². The Morgan fingerprint density at radius 1 is 1.24 bits per heavy atom. The molecule has 5 nitrogen and oxygen atoms in total. The number of carbonyl (C=O) groups excluding carboxylic acids is 1. The van der Waals surface area contributed by atoms with Gasteiger partial charge in [-0.05, 0) is 43.2 Å². The Bertz CT molecular complexity index is 945. The number of aromatic nitrogens is 1. The number of oxazole rings is 1. The Kier molecular flexibility index (Phi) is 5.24. The number of benzene rings is 2. The molecule has 0 aliphatic rings. The van der Waals surface area contributed by atoms with Crippen molar-refractivity contribution in [1.29, 1.82) is 0 Å². The highest BCUT2D eigenvalue weighted by atomic mass is 35.5. The maximum absolute atomic E-state index is 12.1. The summed E-state index contributed by atoms with van der Waals surface area (Å²) in [5.74, 6) is -0.456. The third-order valence-corrected chi connectivity index (χ3v) is 4.32. The van der Waals surface area contributed by atoms with Gasteiger partial charge in [-0.25, -0.2) is 4.79 Å². The van der Waals surface area contributed by atoms with Crippen molar-refractivity contribution < 1.29 is 9.21 Å². The van der Waals surface area contributed by atoms with Gasteiger partial charge >= 0.3 is 5.76 Å². The zero-order valence-corrected chi connectivity index (χ0v) is 14.6. The van der Waals surface area contributed by atoms with Gasteiger partial charge in [0.25, 0.3) is 0 Å². The molecule has 1 amide bonds. The molecule has 25 heavy (non-hydrogen) atoms. The Morgan fingerprint density at radius 3 is 2.84 bits per heavy atom. The van der Waals surface area contributed by atoms with E-state index in [9.17, 15) is 9.59 Å². The molecule has 0 aliphatic carbocycles. The molecule has 1 aromatic heterocycles. The first-order valence-corrected chi connectivity index (χ1v) is 8.55. The summed E-state index contributed by atoms with van der Waals surface area (Å²) >= 11 is 5.97. The number of hydrogen-bond donors (Lipinski definition) is 1. The zero-order chi connectivity index (χ0) is 17.8. The molecule has 0 spiro atoms. The topological polar surface area (TPSA) is 64.2 Å². The van der Waals surface area contributed by atoms with Crippen molar-refractivity contribution in [2.24, 2.45) is 0 Å². The monoisotopic (exact) mass is 358 g/mol. The molecule has 1 atom stereocenters. The average Bonchev–Trinajstić information content (AvgIpc) is 2.90. The fraction of sp³-hybridized carbons (Fsp3) is 0.263. The van der Waals surface area contributed by atoms with E-state index in [-0.39, 0.29) is 11.9 Å². The standard InChI is InChI=1S/C19H19ClN2O3/c1-13(14-6-4-7-15(20)12-14)21-18(23)10-5-11-22-16-8-2-3-9-17(16)25-19(22)24/h2-4,6-9,12-13H,5,10-11H2,1H3,(H,21,23)/t13-/m1/s1. The summed E-state index contributed by atoms with van der Waals surface area (Å²) in [5, 5.41) is 3.59. The van der Waals surface area contributed by atoms with E-state index in [2.05, 4.69) is 5.32 Å². The highest BCUT2D eigenvalue weighted by molar-refractivity contribution is 6.30. The van der Waals surface area contributed by atoms with Crippen LogP contribution < -0.4 is 11.1 Å². The maximum atomic E-state index is 12.1. The quantitative estimate of drug-likeness (QED) is 0.726. The molecular weight excluding hydrogens is 340 g/mol. The Morgan fingerprint density at radius 2 is 2.04 bits per heavy atom. The van der Waals surface area contributed by atoms with Gasteiger partial charge in [-0.3, -0.25) is 9.36 Å². The van der Waals surface area contributed by atoms with E-state index in [1.54, 1.807) is 16.7 Å². The summed E-state index contributed by atoms with van der Waals surface area (Å²) in [5.41, 5.74) is 2.27. The first-order chi connectivity index (χ1) is 12.0. The van der Waals surface area contributed by atoms with Crippen LogP contribution in [0.1, 0.15) is 31.4 Å². The predicted octanol–water partition coefficient (Wildman–Crippen LogP) is 3.91. The molecule has 3 aromatic rings.